The second-order valence-corrected chi connectivity index (χ2v) is 6.28. The Bertz CT molecular complexity index is 577. The Kier molecular flexibility index (Phi) is 5.24. The molecule has 1 aromatic rings. The summed E-state index contributed by atoms with van der Waals surface area (Å²) in [6.07, 6.45) is 1.76. The summed E-state index contributed by atoms with van der Waals surface area (Å²) < 4.78 is 0. The van der Waals surface area contributed by atoms with Crippen LogP contribution in [0.4, 0.5) is 11.4 Å². The van der Waals surface area contributed by atoms with Crippen molar-refractivity contribution in [3.63, 3.8) is 0 Å². The van der Waals surface area contributed by atoms with Crippen molar-refractivity contribution in [1.82, 2.24) is 5.32 Å². The van der Waals surface area contributed by atoms with Gasteiger partial charge < -0.3 is 10.2 Å². The van der Waals surface area contributed by atoms with E-state index in [9.17, 15) is 14.9 Å². The van der Waals surface area contributed by atoms with Gasteiger partial charge in [-0.05, 0) is 25.0 Å². The van der Waals surface area contributed by atoms with Crippen molar-refractivity contribution >= 4 is 28.9 Å². The predicted molar refractivity (Wildman–Crippen MR) is 86.3 cm³/mol. The van der Waals surface area contributed by atoms with Gasteiger partial charge in [0.1, 0.15) is 5.69 Å². The maximum absolute atomic E-state index is 11.8. The zero-order chi connectivity index (χ0) is 16.3. The molecule has 1 aliphatic heterocycles. The summed E-state index contributed by atoms with van der Waals surface area (Å²) in [6.45, 7) is 5.00. The Balaban J connectivity index is 2.16. The fourth-order valence-electron chi connectivity index (χ4n) is 2.59. The molecule has 0 saturated carbocycles. The lowest BCUT2D eigenvalue weighted by Gasteiger charge is -2.34. The maximum atomic E-state index is 11.8. The van der Waals surface area contributed by atoms with Crippen LogP contribution in [0.25, 0.3) is 0 Å². The highest BCUT2D eigenvalue weighted by molar-refractivity contribution is 6.30. The van der Waals surface area contributed by atoms with Crippen LogP contribution in [0.1, 0.15) is 26.7 Å². The van der Waals surface area contributed by atoms with Crippen LogP contribution in [0.5, 0.6) is 0 Å². The lowest BCUT2D eigenvalue weighted by molar-refractivity contribution is -0.384. The van der Waals surface area contributed by atoms with Crippen LogP contribution >= 0.6 is 11.6 Å². The number of rotatable bonds is 4. The van der Waals surface area contributed by atoms with Crippen molar-refractivity contribution in [1.29, 1.82) is 0 Å². The topological polar surface area (TPSA) is 75.5 Å². The first kappa shape index (κ1) is 16.5. The van der Waals surface area contributed by atoms with Crippen molar-refractivity contribution < 1.29 is 9.72 Å². The molecule has 0 aromatic heterocycles. The number of piperidine rings is 1. The minimum Gasteiger partial charge on any atom is -0.364 e. The van der Waals surface area contributed by atoms with Crippen molar-refractivity contribution in [2.45, 2.75) is 32.7 Å². The van der Waals surface area contributed by atoms with E-state index < -0.39 is 4.92 Å². The average Bonchev–Trinajstić information content (AvgIpc) is 2.47. The first-order valence-electron chi connectivity index (χ1n) is 7.37. The zero-order valence-corrected chi connectivity index (χ0v) is 13.5. The van der Waals surface area contributed by atoms with Crippen molar-refractivity contribution in [2.75, 3.05) is 18.0 Å². The molecule has 1 aromatic carbocycles. The molecule has 1 N–H and O–H groups in total. The number of amides is 1. The molecule has 1 saturated heterocycles. The Morgan fingerprint density at radius 3 is 2.86 bits per heavy atom. The van der Waals surface area contributed by atoms with E-state index in [4.69, 9.17) is 11.6 Å². The highest BCUT2D eigenvalue weighted by Gasteiger charge is 2.26. The summed E-state index contributed by atoms with van der Waals surface area (Å²) in [5.74, 6) is -0.0577. The van der Waals surface area contributed by atoms with E-state index in [1.54, 1.807) is 12.1 Å². The summed E-state index contributed by atoms with van der Waals surface area (Å²) in [5, 5.41) is 14.6. The Labute approximate surface area is 134 Å². The zero-order valence-electron chi connectivity index (χ0n) is 12.7. The lowest BCUT2D eigenvalue weighted by atomic mass is 10.0. The number of benzene rings is 1. The quantitative estimate of drug-likeness (QED) is 0.682. The number of nitrogens with zero attached hydrogens (tertiary/aromatic N) is 2. The molecular weight excluding hydrogens is 306 g/mol. The molecule has 6 nitrogen and oxygen atoms in total. The minimum absolute atomic E-state index is 0.00309. The monoisotopic (exact) mass is 325 g/mol. The van der Waals surface area contributed by atoms with Crippen LogP contribution in [0, 0.1) is 16.0 Å². The summed E-state index contributed by atoms with van der Waals surface area (Å²) in [5.41, 5.74) is 0.557. The van der Waals surface area contributed by atoms with E-state index in [1.165, 1.54) is 6.07 Å². The van der Waals surface area contributed by atoms with Gasteiger partial charge in [0.05, 0.1) is 4.92 Å². The molecular formula is C15H20ClN3O3. The van der Waals surface area contributed by atoms with E-state index in [2.05, 4.69) is 5.32 Å². The largest absolute Gasteiger partial charge is 0.364 e. The SMILES string of the molecule is CC(C)C(=O)NC1CCCN(c2ccc(Cl)cc2[N+](=O)[O-])C1. The number of hydrogen-bond donors (Lipinski definition) is 1. The average molecular weight is 326 g/mol. The number of nitro groups is 1. The molecule has 1 unspecified atom stereocenters. The fourth-order valence-corrected chi connectivity index (χ4v) is 2.76. The molecule has 1 atom stereocenters. The van der Waals surface area contributed by atoms with Crippen LogP contribution in [0.3, 0.4) is 0 Å². The lowest BCUT2D eigenvalue weighted by Crippen LogP contribution is -2.48. The molecule has 1 heterocycles. The number of nitro benzene ring substituents is 1. The second-order valence-electron chi connectivity index (χ2n) is 5.84. The molecule has 2 rings (SSSR count). The predicted octanol–water partition coefficient (Wildman–Crippen LogP) is 2.99. The molecule has 1 aliphatic rings. The van der Waals surface area contributed by atoms with Gasteiger partial charge in [-0.3, -0.25) is 14.9 Å². The molecule has 7 heteroatoms. The van der Waals surface area contributed by atoms with Gasteiger partial charge in [0.25, 0.3) is 5.69 Å². The number of carbonyl (C=O) groups is 1. The highest BCUT2D eigenvalue weighted by atomic mass is 35.5. The van der Waals surface area contributed by atoms with Gasteiger partial charge in [-0.2, -0.15) is 0 Å². The molecule has 0 bridgehead atoms. The molecule has 0 aliphatic carbocycles. The van der Waals surface area contributed by atoms with Gasteiger partial charge in [0.2, 0.25) is 5.91 Å². The van der Waals surface area contributed by atoms with Gasteiger partial charge in [-0.15, -0.1) is 0 Å². The third-order valence-electron chi connectivity index (χ3n) is 3.77. The van der Waals surface area contributed by atoms with Crippen molar-refractivity contribution in [3.8, 4) is 0 Å². The summed E-state index contributed by atoms with van der Waals surface area (Å²) >= 11 is 5.85. The summed E-state index contributed by atoms with van der Waals surface area (Å²) in [6, 6.07) is 4.71. The normalized spacial score (nSPS) is 18.4. The maximum Gasteiger partial charge on any atom is 0.294 e. The number of halogens is 1. The summed E-state index contributed by atoms with van der Waals surface area (Å²) in [7, 11) is 0. The molecule has 0 radical (unpaired) electrons. The Morgan fingerprint density at radius 2 is 2.23 bits per heavy atom. The fraction of sp³-hybridized carbons (Fsp3) is 0.533. The van der Waals surface area contributed by atoms with Crippen molar-refractivity contribution in [2.24, 2.45) is 5.92 Å². The van der Waals surface area contributed by atoms with Gasteiger partial charge in [-0.25, -0.2) is 0 Å². The first-order chi connectivity index (χ1) is 10.4. The standard InChI is InChI=1S/C15H20ClN3O3/c1-10(2)15(20)17-12-4-3-7-18(9-12)13-6-5-11(16)8-14(13)19(21)22/h5-6,8,10,12H,3-4,7,9H2,1-2H3,(H,17,20). The minimum atomic E-state index is -0.419. The number of carbonyl (C=O) groups excluding carboxylic acids is 1. The van der Waals surface area contributed by atoms with Gasteiger partial charge in [0, 0.05) is 36.1 Å². The van der Waals surface area contributed by atoms with E-state index in [0.717, 1.165) is 19.4 Å². The van der Waals surface area contributed by atoms with E-state index in [-0.39, 0.29) is 23.6 Å². The van der Waals surface area contributed by atoms with Crippen LogP contribution in [-0.2, 0) is 4.79 Å². The Hall–Kier alpha value is -1.82. The van der Waals surface area contributed by atoms with Gasteiger partial charge in [0.15, 0.2) is 0 Å². The molecule has 120 valence electrons. The third-order valence-corrected chi connectivity index (χ3v) is 4.00. The molecule has 0 spiro atoms. The Morgan fingerprint density at radius 1 is 1.50 bits per heavy atom. The third kappa shape index (κ3) is 3.88. The number of hydrogen-bond acceptors (Lipinski definition) is 4. The smallest absolute Gasteiger partial charge is 0.294 e. The molecule has 22 heavy (non-hydrogen) atoms. The molecule has 1 fully saturated rings. The summed E-state index contributed by atoms with van der Waals surface area (Å²) in [4.78, 5) is 24.6. The van der Waals surface area contributed by atoms with Crippen LogP contribution in [0.2, 0.25) is 5.02 Å². The van der Waals surface area contributed by atoms with Crippen LogP contribution in [0.15, 0.2) is 18.2 Å². The van der Waals surface area contributed by atoms with E-state index in [1.807, 2.05) is 18.7 Å². The number of anilines is 1. The molecule has 1 amide bonds. The van der Waals surface area contributed by atoms with Crippen LogP contribution in [-0.4, -0.2) is 30.0 Å². The second kappa shape index (κ2) is 6.96. The van der Waals surface area contributed by atoms with E-state index in [0.29, 0.717) is 17.3 Å². The van der Waals surface area contributed by atoms with Gasteiger partial charge >= 0.3 is 0 Å². The highest BCUT2D eigenvalue weighted by Crippen LogP contribution is 2.32. The van der Waals surface area contributed by atoms with Crippen molar-refractivity contribution in [3.05, 3.63) is 33.3 Å². The number of nitrogens with one attached hydrogen (secondary N) is 1. The van der Waals surface area contributed by atoms with E-state index >= 15 is 0 Å². The first-order valence-corrected chi connectivity index (χ1v) is 7.75. The van der Waals surface area contributed by atoms with Crippen LogP contribution < -0.4 is 10.2 Å². The van der Waals surface area contributed by atoms with Gasteiger partial charge in [-0.1, -0.05) is 25.4 Å².